The predicted molar refractivity (Wildman–Crippen MR) is 101 cm³/mol. The van der Waals surface area contributed by atoms with Gasteiger partial charge in [0.05, 0.1) is 0 Å². The molecule has 1 saturated carbocycles. The first-order valence-corrected chi connectivity index (χ1v) is 9.76. The monoisotopic (exact) mass is 320 g/mol. The third-order valence-electron chi connectivity index (χ3n) is 5.32. The van der Waals surface area contributed by atoms with E-state index in [1.165, 1.54) is 48.1 Å². The van der Waals surface area contributed by atoms with Gasteiger partial charge in [-0.15, -0.1) is 11.8 Å². The molecule has 2 aromatic carbocycles. The molecule has 0 radical (unpaired) electrons. The van der Waals surface area contributed by atoms with Gasteiger partial charge in [0.2, 0.25) is 0 Å². The van der Waals surface area contributed by atoms with Crippen molar-refractivity contribution < 1.29 is 0 Å². The molecule has 1 heteroatoms. The molecule has 1 aliphatic heterocycles. The van der Waals surface area contributed by atoms with Crippen molar-refractivity contribution >= 4 is 16.7 Å². The van der Waals surface area contributed by atoms with Crippen LogP contribution in [0.3, 0.4) is 0 Å². The van der Waals surface area contributed by atoms with Gasteiger partial charge in [-0.2, -0.15) is 0 Å². The second-order valence-electron chi connectivity index (χ2n) is 6.86. The number of fused-ring (bicyclic) bond motifs is 1. The normalized spacial score (nSPS) is 27.1. The Balaban J connectivity index is 1.65. The van der Waals surface area contributed by atoms with Gasteiger partial charge in [0.1, 0.15) is 0 Å². The number of allylic oxidation sites excluding steroid dienone is 1. The van der Waals surface area contributed by atoms with Gasteiger partial charge in [-0.3, -0.25) is 0 Å². The highest BCUT2D eigenvalue weighted by Crippen LogP contribution is 2.49. The van der Waals surface area contributed by atoms with Gasteiger partial charge < -0.3 is 0 Å². The summed E-state index contributed by atoms with van der Waals surface area (Å²) in [6.07, 6.45) is 9.41. The minimum atomic E-state index is 0.694. The second kappa shape index (κ2) is 6.97. The van der Waals surface area contributed by atoms with Gasteiger partial charge in [-0.1, -0.05) is 79.6 Å². The van der Waals surface area contributed by atoms with Crippen molar-refractivity contribution in [3.63, 3.8) is 0 Å². The van der Waals surface area contributed by atoms with E-state index in [1.54, 1.807) is 0 Å². The van der Waals surface area contributed by atoms with E-state index in [2.05, 4.69) is 78.5 Å². The molecule has 4 rings (SSSR count). The first-order valence-electron chi connectivity index (χ1n) is 8.88. The molecule has 3 atom stereocenters. The minimum Gasteiger partial charge on any atom is -0.122 e. The Morgan fingerprint density at radius 3 is 2.30 bits per heavy atom. The van der Waals surface area contributed by atoms with Crippen LogP contribution < -0.4 is 0 Å². The van der Waals surface area contributed by atoms with E-state index >= 15 is 0 Å². The molecule has 1 fully saturated rings. The topological polar surface area (TPSA) is 0 Å². The lowest BCUT2D eigenvalue weighted by molar-refractivity contribution is 0.293. The molecule has 0 aromatic heterocycles. The van der Waals surface area contributed by atoms with Crippen LogP contribution in [0.15, 0.2) is 66.7 Å². The van der Waals surface area contributed by atoms with Gasteiger partial charge in [0.15, 0.2) is 0 Å². The fraction of sp³-hybridized carbons (Fsp3) is 0.364. The minimum absolute atomic E-state index is 0.694. The maximum Gasteiger partial charge on any atom is 0.0128 e. The number of hydrogen-bond acceptors (Lipinski definition) is 1. The van der Waals surface area contributed by atoms with Gasteiger partial charge in [0, 0.05) is 10.2 Å². The number of rotatable bonds is 3. The molecule has 1 heterocycles. The predicted octanol–water partition coefficient (Wildman–Crippen LogP) is 6.19. The molecule has 0 amide bonds. The Labute approximate surface area is 144 Å². The standard InChI is InChI=1S/C22H24S/c1-3-9-17(10-4-1)15-19-16-22(18-11-5-2-6-12-18)23-21-14-8-7-13-20(19)21/h1-6,9-12,16,19-21H,7-8,13-15H2/t19-,20-,21-/m0/s1. The van der Waals surface area contributed by atoms with Crippen LogP contribution in [0.4, 0.5) is 0 Å². The summed E-state index contributed by atoms with van der Waals surface area (Å²) < 4.78 is 0. The molecule has 0 nitrogen and oxygen atoms in total. The van der Waals surface area contributed by atoms with Crippen molar-refractivity contribution in [2.24, 2.45) is 11.8 Å². The number of benzene rings is 2. The molecule has 0 spiro atoms. The summed E-state index contributed by atoms with van der Waals surface area (Å²) in [6, 6.07) is 22.0. The van der Waals surface area contributed by atoms with Gasteiger partial charge in [-0.05, 0) is 42.2 Å². The van der Waals surface area contributed by atoms with Gasteiger partial charge in [0.25, 0.3) is 0 Å². The summed E-state index contributed by atoms with van der Waals surface area (Å²) in [6.45, 7) is 0. The van der Waals surface area contributed by atoms with Crippen LogP contribution in [0, 0.1) is 11.8 Å². The largest absolute Gasteiger partial charge is 0.122 e. The van der Waals surface area contributed by atoms with E-state index < -0.39 is 0 Å². The van der Waals surface area contributed by atoms with Crippen molar-refractivity contribution in [3.8, 4) is 0 Å². The van der Waals surface area contributed by atoms with E-state index in [1.807, 2.05) is 0 Å². The van der Waals surface area contributed by atoms with E-state index in [-0.39, 0.29) is 0 Å². The summed E-state index contributed by atoms with van der Waals surface area (Å²) in [5, 5.41) is 0.817. The Hall–Kier alpha value is -1.47. The molecule has 0 bridgehead atoms. The summed E-state index contributed by atoms with van der Waals surface area (Å²) in [7, 11) is 0. The third kappa shape index (κ3) is 3.40. The van der Waals surface area contributed by atoms with E-state index in [9.17, 15) is 0 Å². The fourth-order valence-electron chi connectivity index (χ4n) is 4.15. The first-order chi connectivity index (χ1) is 11.4. The lowest BCUT2D eigenvalue weighted by Gasteiger charge is -2.40. The van der Waals surface area contributed by atoms with Crippen LogP contribution in [0.2, 0.25) is 0 Å². The maximum absolute atomic E-state index is 2.58. The zero-order chi connectivity index (χ0) is 15.5. The van der Waals surface area contributed by atoms with Crippen LogP contribution in [-0.4, -0.2) is 5.25 Å². The molecule has 118 valence electrons. The third-order valence-corrected chi connectivity index (χ3v) is 6.83. The second-order valence-corrected chi connectivity index (χ2v) is 8.14. The molecule has 2 aromatic rings. The summed E-state index contributed by atoms with van der Waals surface area (Å²) in [5.41, 5.74) is 2.89. The van der Waals surface area contributed by atoms with Crippen molar-refractivity contribution in [3.05, 3.63) is 77.9 Å². The zero-order valence-electron chi connectivity index (χ0n) is 13.5. The summed E-state index contributed by atoms with van der Waals surface area (Å²) in [5.74, 6) is 1.56. The first kappa shape index (κ1) is 15.1. The quantitative estimate of drug-likeness (QED) is 0.649. The fourth-order valence-corrected chi connectivity index (χ4v) is 5.79. The highest BCUT2D eigenvalue weighted by atomic mass is 32.2. The van der Waals surface area contributed by atoms with Crippen molar-refractivity contribution in [2.75, 3.05) is 0 Å². The average molecular weight is 321 g/mol. The Bertz CT molecular complexity index is 659. The average Bonchev–Trinajstić information content (AvgIpc) is 2.63. The number of hydrogen-bond donors (Lipinski definition) is 0. The van der Waals surface area contributed by atoms with Crippen LogP contribution in [0.25, 0.3) is 4.91 Å². The maximum atomic E-state index is 2.58. The Kier molecular flexibility index (Phi) is 4.57. The van der Waals surface area contributed by atoms with E-state index in [4.69, 9.17) is 0 Å². The van der Waals surface area contributed by atoms with Crippen molar-refractivity contribution in [1.82, 2.24) is 0 Å². The molecule has 1 aliphatic carbocycles. The van der Waals surface area contributed by atoms with Crippen LogP contribution >= 0.6 is 11.8 Å². The lowest BCUT2D eigenvalue weighted by atomic mass is 9.76. The lowest BCUT2D eigenvalue weighted by Crippen LogP contribution is -2.32. The highest BCUT2D eigenvalue weighted by molar-refractivity contribution is 8.08. The molecule has 0 unspecified atom stereocenters. The van der Waals surface area contributed by atoms with Crippen molar-refractivity contribution in [2.45, 2.75) is 37.4 Å². The molecule has 0 N–H and O–H groups in total. The van der Waals surface area contributed by atoms with Gasteiger partial charge >= 0.3 is 0 Å². The molecule has 2 aliphatic rings. The van der Waals surface area contributed by atoms with Crippen LogP contribution in [0.1, 0.15) is 36.8 Å². The highest BCUT2D eigenvalue weighted by Gasteiger charge is 2.35. The number of thioether (sulfide) groups is 1. The molecule has 0 saturated heterocycles. The molecular formula is C22H24S. The van der Waals surface area contributed by atoms with E-state index in [0.717, 1.165) is 11.2 Å². The van der Waals surface area contributed by atoms with Crippen molar-refractivity contribution in [1.29, 1.82) is 0 Å². The Morgan fingerprint density at radius 2 is 1.52 bits per heavy atom. The molecule has 23 heavy (non-hydrogen) atoms. The van der Waals surface area contributed by atoms with Crippen LogP contribution in [0.5, 0.6) is 0 Å². The SMILES string of the molecule is C1=C(c2ccccc2)S[C@H]2CCCC[C@H]2[C@H]1Cc1ccccc1. The van der Waals surface area contributed by atoms with E-state index in [0.29, 0.717) is 5.92 Å². The zero-order valence-corrected chi connectivity index (χ0v) is 14.3. The molecular weight excluding hydrogens is 296 g/mol. The Morgan fingerprint density at radius 1 is 0.826 bits per heavy atom. The summed E-state index contributed by atoms with van der Waals surface area (Å²) >= 11 is 2.14. The van der Waals surface area contributed by atoms with Crippen LogP contribution in [-0.2, 0) is 6.42 Å². The smallest absolute Gasteiger partial charge is 0.0128 e. The summed E-state index contributed by atoms with van der Waals surface area (Å²) in [4.78, 5) is 1.51. The van der Waals surface area contributed by atoms with Gasteiger partial charge in [-0.25, -0.2) is 0 Å².